The zero-order valence-electron chi connectivity index (χ0n) is 8.04. The number of aryl methyl sites for hydroxylation is 2. The molecule has 0 aliphatic carbocycles. The van der Waals surface area contributed by atoms with Crippen LogP contribution < -0.4 is 4.74 Å². The fourth-order valence-corrected chi connectivity index (χ4v) is 1.95. The van der Waals surface area contributed by atoms with Crippen LogP contribution in [0.2, 0.25) is 0 Å². The molecule has 72 valence electrons. The van der Waals surface area contributed by atoms with Crippen molar-refractivity contribution in [3.8, 4) is 5.75 Å². The van der Waals surface area contributed by atoms with E-state index >= 15 is 0 Å². The van der Waals surface area contributed by atoms with Crippen LogP contribution in [-0.2, 0) is 6.42 Å². The Bertz CT molecular complexity index is 487. The summed E-state index contributed by atoms with van der Waals surface area (Å²) in [4.78, 5) is 4.38. The van der Waals surface area contributed by atoms with Crippen LogP contribution in [0.3, 0.4) is 0 Å². The smallest absolute Gasteiger partial charge is 0.192 e. The molecule has 2 aromatic rings. The van der Waals surface area contributed by atoms with Gasteiger partial charge in [-0.2, -0.15) is 0 Å². The van der Waals surface area contributed by atoms with Gasteiger partial charge >= 0.3 is 0 Å². The van der Waals surface area contributed by atoms with Crippen molar-refractivity contribution in [1.82, 2.24) is 4.98 Å². The summed E-state index contributed by atoms with van der Waals surface area (Å²) in [7, 11) is 0. The van der Waals surface area contributed by atoms with Crippen molar-refractivity contribution in [2.45, 2.75) is 19.8 Å². The second kappa shape index (κ2) is 2.74. The van der Waals surface area contributed by atoms with E-state index < -0.39 is 0 Å². The molecule has 0 bridgehead atoms. The zero-order valence-corrected chi connectivity index (χ0v) is 8.04. The second-order valence-corrected chi connectivity index (χ2v) is 3.57. The largest absolute Gasteiger partial charge is 0.493 e. The molecule has 0 unspecified atom stereocenters. The van der Waals surface area contributed by atoms with Crippen LogP contribution in [0.4, 0.5) is 0 Å². The molecule has 1 aliphatic heterocycles. The van der Waals surface area contributed by atoms with Crippen molar-refractivity contribution in [2.75, 3.05) is 6.61 Å². The third-order valence-electron chi connectivity index (χ3n) is 2.56. The number of rotatable bonds is 0. The van der Waals surface area contributed by atoms with Crippen LogP contribution in [0.15, 0.2) is 16.5 Å². The summed E-state index contributed by atoms with van der Waals surface area (Å²) in [5, 5.41) is 0. The second-order valence-electron chi connectivity index (χ2n) is 3.57. The molecule has 2 heterocycles. The van der Waals surface area contributed by atoms with Gasteiger partial charge < -0.3 is 9.15 Å². The molecule has 1 aliphatic rings. The van der Waals surface area contributed by atoms with Gasteiger partial charge in [0.25, 0.3) is 0 Å². The Morgan fingerprint density at radius 2 is 2.29 bits per heavy atom. The molecular formula is C11H11NO2. The predicted molar refractivity (Wildman–Crippen MR) is 52.6 cm³/mol. The lowest BCUT2D eigenvalue weighted by atomic mass is 10.1. The number of nitrogens with zero attached hydrogens (tertiary/aromatic N) is 1. The summed E-state index contributed by atoms with van der Waals surface area (Å²) >= 11 is 0. The molecular weight excluding hydrogens is 178 g/mol. The van der Waals surface area contributed by atoms with Gasteiger partial charge in [-0.05, 0) is 25.0 Å². The molecule has 3 nitrogen and oxygen atoms in total. The Labute approximate surface area is 81.7 Å². The molecule has 1 aromatic carbocycles. The van der Waals surface area contributed by atoms with Crippen molar-refractivity contribution in [3.05, 3.63) is 23.6 Å². The van der Waals surface area contributed by atoms with E-state index in [1.807, 2.05) is 19.1 Å². The lowest BCUT2D eigenvalue weighted by Crippen LogP contribution is -2.08. The molecule has 0 atom stereocenters. The van der Waals surface area contributed by atoms with Crippen LogP contribution >= 0.6 is 0 Å². The fourth-order valence-electron chi connectivity index (χ4n) is 1.95. The van der Waals surface area contributed by atoms with E-state index in [2.05, 4.69) is 4.98 Å². The quantitative estimate of drug-likeness (QED) is 0.638. The number of benzene rings is 1. The minimum absolute atomic E-state index is 0.721. The van der Waals surface area contributed by atoms with Crippen LogP contribution in [0, 0.1) is 6.92 Å². The summed E-state index contributed by atoms with van der Waals surface area (Å²) in [6.07, 6.45) is 2.11. The van der Waals surface area contributed by atoms with Crippen molar-refractivity contribution >= 4 is 11.1 Å². The Balaban J connectivity index is 2.33. The third-order valence-corrected chi connectivity index (χ3v) is 2.56. The van der Waals surface area contributed by atoms with Gasteiger partial charge in [0, 0.05) is 12.5 Å². The first kappa shape index (κ1) is 7.85. The Hall–Kier alpha value is -1.51. The highest BCUT2D eigenvalue weighted by Crippen LogP contribution is 2.31. The molecule has 0 radical (unpaired) electrons. The average molecular weight is 189 g/mol. The van der Waals surface area contributed by atoms with E-state index in [9.17, 15) is 0 Å². The Kier molecular flexibility index (Phi) is 1.54. The molecule has 0 saturated carbocycles. The predicted octanol–water partition coefficient (Wildman–Crippen LogP) is 2.46. The first-order valence-electron chi connectivity index (χ1n) is 4.86. The maximum atomic E-state index is 5.56. The summed E-state index contributed by atoms with van der Waals surface area (Å²) in [5.41, 5.74) is 3.04. The van der Waals surface area contributed by atoms with Gasteiger partial charge in [-0.1, -0.05) is 0 Å². The van der Waals surface area contributed by atoms with Crippen molar-refractivity contribution in [2.24, 2.45) is 0 Å². The lowest BCUT2D eigenvalue weighted by Gasteiger charge is -2.16. The first-order valence-corrected chi connectivity index (χ1v) is 4.86. The molecule has 0 spiro atoms. The van der Waals surface area contributed by atoms with E-state index in [1.54, 1.807) is 0 Å². The van der Waals surface area contributed by atoms with E-state index in [1.165, 1.54) is 5.56 Å². The molecule has 0 N–H and O–H groups in total. The highest BCUT2D eigenvalue weighted by atomic mass is 16.5. The summed E-state index contributed by atoms with van der Waals surface area (Å²) in [6.45, 7) is 2.69. The molecule has 3 rings (SSSR count). The normalized spacial score (nSPS) is 15.2. The number of hydrogen-bond acceptors (Lipinski definition) is 3. The minimum atomic E-state index is 0.721. The molecule has 3 heteroatoms. The van der Waals surface area contributed by atoms with E-state index in [0.29, 0.717) is 0 Å². The SMILES string of the molecule is Cc1nc2c3c(ccc2o1)OCCC3. The van der Waals surface area contributed by atoms with Gasteiger partial charge in [0.15, 0.2) is 11.5 Å². The molecule has 14 heavy (non-hydrogen) atoms. The maximum absolute atomic E-state index is 5.56. The summed E-state index contributed by atoms with van der Waals surface area (Å²) < 4.78 is 11.0. The number of oxazole rings is 1. The summed E-state index contributed by atoms with van der Waals surface area (Å²) in [5.74, 6) is 1.69. The van der Waals surface area contributed by atoms with Gasteiger partial charge in [-0.3, -0.25) is 0 Å². The summed E-state index contributed by atoms with van der Waals surface area (Å²) in [6, 6.07) is 3.90. The number of aromatic nitrogens is 1. The van der Waals surface area contributed by atoms with E-state index in [4.69, 9.17) is 9.15 Å². The van der Waals surface area contributed by atoms with Crippen LogP contribution in [0.5, 0.6) is 5.75 Å². The molecule has 1 aromatic heterocycles. The minimum Gasteiger partial charge on any atom is -0.493 e. The standard InChI is InChI=1S/C11H11NO2/c1-7-12-11-8-3-2-6-13-9(8)4-5-10(11)14-7/h4-5H,2-3,6H2,1H3. The van der Waals surface area contributed by atoms with Crippen molar-refractivity contribution in [3.63, 3.8) is 0 Å². The highest BCUT2D eigenvalue weighted by molar-refractivity contribution is 5.79. The Morgan fingerprint density at radius 1 is 1.36 bits per heavy atom. The average Bonchev–Trinajstić information content (AvgIpc) is 2.59. The van der Waals surface area contributed by atoms with Crippen LogP contribution in [0.1, 0.15) is 17.9 Å². The van der Waals surface area contributed by atoms with Gasteiger partial charge in [0.05, 0.1) is 6.61 Å². The zero-order chi connectivity index (χ0) is 9.54. The highest BCUT2D eigenvalue weighted by Gasteiger charge is 2.16. The van der Waals surface area contributed by atoms with Gasteiger partial charge in [-0.25, -0.2) is 4.98 Å². The first-order chi connectivity index (χ1) is 6.84. The number of ether oxygens (including phenoxy) is 1. The molecule has 0 amide bonds. The van der Waals surface area contributed by atoms with Gasteiger partial charge in [-0.15, -0.1) is 0 Å². The number of hydrogen-bond donors (Lipinski definition) is 0. The van der Waals surface area contributed by atoms with E-state index in [-0.39, 0.29) is 0 Å². The monoisotopic (exact) mass is 189 g/mol. The van der Waals surface area contributed by atoms with Crippen molar-refractivity contribution < 1.29 is 9.15 Å². The number of fused-ring (bicyclic) bond motifs is 3. The van der Waals surface area contributed by atoms with Crippen molar-refractivity contribution in [1.29, 1.82) is 0 Å². The van der Waals surface area contributed by atoms with Crippen LogP contribution in [0.25, 0.3) is 11.1 Å². The molecule has 0 saturated heterocycles. The van der Waals surface area contributed by atoms with Gasteiger partial charge in [0.1, 0.15) is 11.3 Å². The topological polar surface area (TPSA) is 35.3 Å². The van der Waals surface area contributed by atoms with E-state index in [0.717, 1.165) is 42.2 Å². The van der Waals surface area contributed by atoms with Gasteiger partial charge in [0.2, 0.25) is 0 Å². The Morgan fingerprint density at radius 3 is 3.21 bits per heavy atom. The molecule has 0 fully saturated rings. The third kappa shape index (κ3) is 1.02. The van der Waals surface area contributed by atoms with Crippen LogP contribution in [-0.4, -0.2) is 11.6 Å². The fraction of sp³-hybridized carbons (Fsp3) is 0.364. The maximum Gasteiger partial charge on any atom is 0.192 e. The lowest BCUT2D eigenvalue weighted by molar-refractivity contribution is 0.289.